The van der Waals surface area contributed by atoms with E-state index in [4.69, 9.17) is 5.73 Å². The summed E-state index contributed by atoms with van der Waals surface area (Å²) in [5, 5.41) is 0. The zero-order valence-electron chi connectivity index (χ0n) is 11.0. The van der Waals surface area contributed by atoms with Crippen molar-refractivity contribution >= 4 is 0 Å². The maximum absolute atomic E-state index is 12.8. The monoisotopic (exact) mass is 259 g/mol. The molecule has 0 bridgehead atoms. The van der Waals surface area contributed by atoms with Crippen LogP contribution < -0.4 is 5.73 Å². The maximum Gasteiger partial charge on any atom is 0.416 e. The Hall–Kier alpha value is -1.03. The molecule has 0 saturated heterocycles. The Morgan fingerprint density at radius 2 is 1.72 bits per heavy atom. The summed E-state index contributed by atoms with van der Waals surface area (Å²) in [5.41, 5.74) is 6.52. The van der Waals surface area contributed by atoms with Crippen LogP contribution in [0, 0.1) is 0 Å². The summed E-state index contributed by atoms with van der Waals surface area (Å²) in [6, 6.07) is 4.32. The van der Waals surface area contributed by atoms with Gasteiger partial charge in [0.1, 0.15) is 0 Å². The van der Waals surface area contributed by atoms with Crippen molar-refractivity contribution in [3.63, 3.8) is 0 Å². The van der Waals surface area contributed by atoms with E-state index in [9.17, 15) is 13.2 Å². The van der Waals surface area contributed by atoms with Gasteiger partial charge >= 0.3 is 6.18 Å². The van der Waals surface area contributed by atoms with Gasteiger partial charge in [-0.25, -0.2) is 0 Å². The molecule has 1 rings (SSSR count). The molecule has 1 nitrogen and oxygen atoms in total. The average molecular weight is 259 g/mol. The fourth-order valence-corrected chi connectivity index (χ4v) is 1.75. The van der Waals surface area contributed by atoms with Gasteiger partial charge in [0.2, 0.25) is 0 Å². The van der Waals surface area contributed by atoms with Gasteiger partial charge in [-0.2, -0.15) is 13.2 Å². The second-order valence-electron chi connectivity index (χ2n) is 5.13. The predicted molar refractivity (Wildman–Crippen MR) is 67.5 cm³/mol. The first kappa shape index (κ1) is 15.0. The van der Waals surface area contributed by atoms with Gasteiger partial charge in [-0.15, -0.1) is 0 Å². The quantitative estimate of drug-likeness (QED) is 0.865. The highest BCUT2D eigenvalue weighted by atomic mass is 19.4. The number of benzene rings is 1. The van der Waals surface area contributed by atoms with Crippen LogP contribution >= 0.6 is 0 Å². The Labute approximate surface area is 106 Å². The Bertz CT molecular complexity index is 395. The van der Waals surface area contributed by atoms with Crippen molar-refractivity contribution in [3.05, 3.63) is 34.9 Å². The van der Waals surface area contributed by atoms with Crippen LogP contribution in [0.4, 0.5) is 13.2 Å². The van der Waals surface area contributed by atoms with E-state index in [-0.39, 0.29) is 12.0 Å². The summed E-state index contributed by atoms with van der Waals surface area (Å²) in [6.07, 6.45) is -3.01. The first-order valence-electron chi connectivity index (χ1n) is 6.16. The van der Waals surface area contributed by atoms with Crippen LogP contribution in [0.2, 0.25) is 0 Å². The Balaban J connectivity index is 3.06. The third-order valence-corrected chi connectivity index (χ3v) is 2.90. The lowest BCUT2D eigenvalue weighted by molar-refractivity contribution is -0.137. The highest BCUT2D eigenvalue weighted by molar-refractivity contribution is 5.33. The Morgan fingerprint density at radius 1 is 1.11 bits per heavy atom. The van der Waals surface area contributed by atoms with Crippen molar-refractivity contribution in [2.75, 3.05) is 0 Å². The maximum atomic E-state index is 12.8. The molecule has 4 heteroatoms. The lowest BCUT2D eigenvalue weighted by atomic mass is 9.95. The van der Waals surface area contributed by atoms with Crippen LogP contribution in [0.25, 0.3) is 0 Å². The van der Waals surface area contributed by atoms with Crippen LogP contribution in [-0.4, -0.2) is 6.04 Å². The fraction of sp³-hybridized carbons (Fsp3) is 0.571. The second kappa shape index (κ2) is 5.74. The number of hydrogen-bond donors (Lipinski definition) is 1. The van der Waals surface area contributed by atoms with Crippen molar-refractivity contribution in [3.8, 4) is 0 Å². The van der Waals surface area contributed by atoms with E-state index in [1.165, 1.54) is 12.1 Å². The van der Waals surface area contributed by atoms with E-state index in [0.29, 0.717) is 18.4 Å². The molecule has 0 amide bonds. The smallest absolute Gasteiger partial charge is 0.328 e. The van der Waals surface area contributed by atoms with Crippen molar-refractivity contribution in [2.24, 2.45) is 5.73 Å². The zero-order valence-corrected chi connectivity index (χ0v) is 11.0. The molecule has 0 fully saturated rings. The number of aryl methyl sites for hydroxylation is 1. The molecule has 0 aliphatic rings. The molecule has 0 unspecified atom stereocenters. The Kier molecular flexibility index (Phi) is 4.79. The third kappa shape index (κ3) is 4.33. The van der Waals surface area contributed by atoms with E-state index in [2.05, 4.69) is 0 Å². The largest absolute Gasteiger partial charge is 0.416 e. The highest BCUT2D eigenvalue weighted by Crippen LogP contribution is 2.32. The minimum atomic E-state index is -4.28. The number of halogens is 3. The topological polar surface area (TPSA) is 26.0 Å². The van der Waals surface area contributed by atoms with Crippen LogP contribution in [0.15, 0.2) is 18.2 Å². The van der Waals surface area contributed by atoms with Gasteiger partial charge in [0.05, 0.1) is 5.56 Å². The lowest BCUT2D eigenvalue weighted by Gasteiger charge is -2.14. The molecule has 0 heterocycles. The lowest BCUT2D eigenvalue weighted by Crippen LogP contribution is -2.15. The molecule has 0 radical (unpaired) electrons. The molecule has 0 aromatic heterocycles. The Morgan fingerprint density at radius 3 is 2.17 bits per heavy atom. The number of nitrogens with two attached hydrogens (primary N) is 1. The third-order valence-electron chi connectivity index (χ3n) is 2.90. The van der Waals surface area contributed by atoms with Gasteiger partial charge < -0.3 is 5.73 Å². The minimum absolute atomic E-state index is 0.00189. The molecule has 1 atom stereocenters. The van der Waals surface area contributed by atoms with Gasteiger partial charge in [0, 0.05) is 6.04 Å². The number of hydrogen-bond acceptors (Lipinski definition) is 1. The summed E-state index contributed by atoms with van der Waals surface area (Å²) >= 11 is 0. The molecule has 0 aliphatic heterocycles. The van der Waals surface area contributed by atoms with E-state index in [1.54, 1.807) is 0 Å². The van der Waals surface area contributed by atoms with Gasteiger partial charge in [-0.1, -0.05) is 19.9 Å². The molecule has 0 saturated carbocycles. The summed E-state index contributed by atoms with van der Waals surface area (Å²) in [6.45, 7) is 5.65. The van der Waals surface area contributed by atoms with Crippen LogP contribution in [0.1, 0.15) is 49.8 Å². The SMILES string of the molecule is CC(C)c1cc(CC[C@@H](C)N)cc(C(F)(F)F)c1. The molecule has 1 aromatic rings. The first-order valence-corrected chi connectivity index (χ1v) is 6.16. The van der Waals surface area contributed by atoms with E-state index < -0.39 is 11.7 Å². The van der Waals surface area contributed by atoms with Gasteiger partial charge in [0.25, 0.3) is 0 Å². The first-order chi connectivity index (χ1) is 8.20. The molecule has 2 N–H and O–H groups in total. The minimum Gasteiger partial charge on any atom is -0.328 e. The van der Waals surface area contributed by atoms with E-state index in [1.807, 2.05) is 26.8 Å². The average Bonchev–Trinajstić information content (AvgIpc) is 2.24. The van der Waals surface area contributed by atoms with Crippen molar-refractivity contribution < 1.29 is 13.2 Å². The summed E-state index contributed by atoms with van der Waals surface area (Å²) in [7, 11) is 0. The van der Waals surface area contributed by atoms with Crippen molar-refractivity contribution in [1.29, 1.82) is 0 Å². The molecule has 102 valence electrons. The summed E-state index contributed by atoms with van der Waals surface area (Å²) in [5.74, 6) is 0.0846. The van der Waals surface area contributed by atoms with Crippen molar-refractivity contribution in [2.45, 2.75) is 51.7 Å². The summed E-state index contributed by atoms with van der Waals surface area (Å²) < 4.78 is 38.4. The second-order valence-corrected chi connectivity index (χ2v) is 5.13. The number of rotatable bonds is 4. The van der Waals surface area contributed by atoms with Gasteiger partial charge in [-0.3, -0.25) is 0 Å². The van der Waals surface area contributed by atoms with Crippen LogP contribution in [-0.2, 0) is 12.6 Å². The van der Waals surface area contributed by atoms with Crippen LogP contribution in [0.3, 0.4) is 0 Å². The van der Waals surface area contributed by atoms with Gasteiger partial charge in [-0.05, 0) is 48.9 Å². The van der Waals surface area contributed by atoms with Crippen molar-refractivity contribution in [1.82, 2.24) is 0 Å². The zero-order chi connectivity index (χ0) is 13.9. The standard InChI is InChI=1S/C14H20F3N/c1-9(2)12-6-11(5-4-10(3)18)7-13(8-12)14(15,16)17/h6-10H,4-5,18H2,1-3H3/t10-/m1/s1. The number of alkyl halides is 3. The highest BCUT2D eigenvalue weighted by Gasteiger charge is 2.31. The molecule has 18 heavy (non-hydrogen) atoms. The molecular formula is C14H20F3N. The molecule has 0 spiro atoms. The normalized spacial score (nSPS) is 14.0. The fourth-order valence-electron chi connectivity index (χ4n) is 1.75. The van der Waals surface area contributed by atoms with Crippen LogP contribution in [0.5, 0.6) is 0 Å². The molecule has 0 aliphatic carbocycles. The molecular weight excluding hydrogens is 239 g/mol. The van der Waals surface area contributed by atoms with E-state index in [0.717, 1.165) is 5.56 Å². The van der Waals surface area contributed by atoms with E-state index >= 15 is 0 Å². The predicted octanol–water partition coefficient (Wildman–Crippen LogP) is 4.11. The summed E-state index contributed by atoms with van der Waals surface area (Å²) in [4.78, 5) is 0. The molecule has 1 aromatic carbocycles. The van der Waals surface area contributed by atoms with Gasteiger partial charge in [0.15, 0.2) is 0 Å².